The van der Waals surface area contributed by atoms with Crippen molar-refractivity contribution in [3.63, 3.8) is 0 Å². The maximum absolute atomic E-state index is 12.4. The molecule has 0 unspecified atom stereocenters. The Morgan fingerprint density at radius 1 is 0.909 bits per heavy atom. The molecule has 4 rings (SSSR count). The quantitative estimate of drug-likeness (QED) is 0.651. The molecule has 2 nitrogen and oxygen atoms in total. The van der Waals surface area contributed by atoms with Crippen molar-refractivity contribution in [2.75, 3.05) is 0 Å². The van der Waals surface area contributed by atoms with Gasteiger partial charge in [-0.15, -0.1) is 0 Å². The van der Waals surface area contributed by atoms with Crippen LogP contribution in [0.3, 0.4) is 0 Å². The Bertz CT molecular complexity index is 592. The predicted molar refractivity (Wildman–Crippen MR) is 86.5 cm³/mol. The topological polar surface area (TPSA) is 34.1 Å². The maximum Gasteiger partial charge on any atom is 0.174 e. The highest BCUT2D eigenvalue weighted by Crippen LogP contribution is 2.65. The zero-order valence-electron chi connectivity index (χ0n) is 13.6. The molecule has 4 aliphatic carbocycles. The molecule has 3 saturated carbocycles. The number of Topliss-reactive ketones (excluding diaryl/α,β-unsaturated/α-hetero) is 2. The first-order valence-electron chi connectivity index (χ1n) is 8.83. The Kier molecular flexibility index (Phi) is 3.18. The third kappa shape index (κ3) is 1.74. The fraction of sp³-hybridized carbons (Fsp3) is 0.789. The molecular weight excluding hydrogens is 296 g/mol. The standard InChI is InChI=1S/C19H25ClO2/c1-18-10-8-15(21)17(20)14(18)4-3-11-12-5-6-16(22)19(12,2)9-7-13(11)18/h11-13H,3-10H2,1-2H3/t11-,12-,13+,18-,19-/m0/s1. The summed E-state index contributed by atoms with van der Waals surface area (Å²) < 4.78 is 0. The van der Waals surface area contributed by atoms with E-state index < -0.39 is 0 Å². The Morgan fingerprint density at radius 3 is 2.41 bits per heavy atom. The Morgan fingerprint density at radius 2 is 1.64 bits per heavy atom. The summed E-state index contributed by atoms with van der Waals surface area (Å²) in [6.07, 6.45) is 7.66. The van der Waals surface area contributed by atoms with Gasteiger partial charge in [-0.05, 0) is 67.3 Å². The molecule has 0 spiro atoms. The summed E-state index contributed by atoms with van der Waals surface area (Å²) in [5, 5.41) is 0.544. The second-order valence-corrected chi connectivity index (χ2v) is 8.84. The highest BCUT2D eigenvalue weighted by Gasteiger charge is 2.59. The lowest BCUT2D eigenvalue weighted by Gasteiger charge is -2.57. The Hall–Kier alpha value is -0.630. The van der Waals surface area contributed by atoms with Gasteiger partial charge in [0.15, 0.2) is 5.78 Å². The van der Waals surface area contributed by atoms with Crippen LogP contribution >= 0.6 is 11.6 Å². The molecule has 0 amide bonds. The van der Waals surface area contributed by atoms with Gasteiger partial charge in [0.2, 0.25) is 0 Å². The molecule has 0 heterocycles. The summed E-state index contributed by atoms with van der Waals surface area (Å²) in [5.74, 6) is 2.47. The van der Waals surface area contributed by atoms with Crippen LogP contribution in [0.15, 0.2) is 10.6 Å². The predicted octanol–water partition coefficient (Wildman–Crippen LogP) is 4.65. The Labute approximate surface area is 137 Å². The highest BCUT2D eigenvalue weighted by molar-refractivity contribution is 6.43. The van der Waals surface area contributed by atoms with Crippen molar-refractivity contribution in [1.82, 2.24) is 0 Å². The lowest BCUT2D eigenvalue weighted by molar-refractivity contribution is -0.132. The summed E-state index contributed by atoms with van der Waals surface area (Å²) in [6, 6.07) is 0. The number of halogens is 1. The van der Waals surface area contributed by atoms with Crippen LogP contribution in [-0.4, -0.2) is 11.6 Å². The van der Waals surface area contributed by atoms with E-state index in [-0.39, 0.29) is 16.6 Å². The summed E-state index contributed by atoms with van der Waals surface area (Å²) in [5.41, 5.74) is 1.27. The van der Waals surface area contributed by atoms with Gasteiger partial charge in [0.25, 0.3) is 0 Å². The van der Waals surface area contributed by atoms with Crippen LogP contribution in [-0.2, 0) is 9.59 Å². The molecule has 0 N–H and O–H groups in total. The fourth-order valence-electron chi connectivity index (χ4n) is 6.42. The number of hydrogen-bond acceptors (Lipinski definition) is 2. The fourth-order valence-corrected chi connectivity index (χ4v) is 6.83. The van der Waals surface area contributed by atoms with Crippen molar-refractivity contribution in [3.05, 3.63) is 10.6 Å². The van der Waals surface area contributed by atoms with Crippen molar-refractivity contribution < 1.29 is 9.59 Å². The SMILES string of the molecule is C[C@@]12CCC(=O)C(Cl)=C1CC[C@@H]1[C@H]2CC[C@]2(C)C(=O)CC[C@@H]12. The summed E-state index contributed by atoms with van der Waals surface area (Å²) in [4.78, 5) is 24.4. The molecule has 0 aromatic heterocycles. The molecule has 0 aromatic carbocycles. The van der Waals surface area contributed by atoms with Gasteiger partial charge in [0.05, 0.1) is 5.03 Å². The number of allylic oxidation sites excluding steroid dienone is 1. The van der Waals surface area contributed by atoms with Gasteiger partial charge in [0.1, 0.15) is 5.78 Å². The minimum Gasteiger partial charge on any atom is -0.299 e. The summed E-state index contributed by atoms with van der Waals surface area (Å²) in [6.45, 7) is 4.56. The van der Waals surface area contributed by atoms with Crippen molar-refractivity contribution in [2.24, 2.45) is 28.6 Å². The van der Waals surface area contributed by atoms with E-state index in [0.29, 0.717) is 35.0 Å². The molecule has 3 heteroatoms. The van der Waals surface area contributed by atoms with E-state index in [1.807, 2.05) is 0 Å². The highest BCUT2D eigenvalue weighted by atomic mass is 35.5. The van der Waals surface area contributed by atoms with Gasteiger partial charge in [-0.3, -0.25) is 9.59 Å². The first-order valence-corrected chi connectivity index (χ1v) is 9.21. The maximum atomic E-state index is 12.4. The average Bonchev–Trinajstić information content (AvgIpc) is 2.79. The van der Waals surface area contributed by atoms with E-state index in [2.05, 4.69) is 13.8 Å². The number of carbonyl (C=O) groups excluding carboxylic acids is 2. The number of fused-ring (bicyclic) bond motifs is 5. The van der Waals surface area contributed by atoms with E-state index in [0.717, 1.165) is 44.9 Å². The number of rotatable bonds is 0. The van der Waals surface area contributed by atoms with Gasteiger partial charge in [0, 0.05) is 18.3 Å². The van der Waals surface area contributed by atoms with Crippen molar-refractivity contribution in [3.8, 4) is 0 Å². The van der Waals surface area contributed by atoms with Gasteiger partial charge in [-0.25, -0.2) is 0 Å². The molecule has 4 aliphatic rings. The normalized spacial score (nSPS) is 48.0. The first kappa shape index (κ1) is 14.9. The van der Waals surface area contributed by atoms with E-state index in [1.165, 1.54) is 5.57 Å². The molecule has 120 valence electrons. The van der Waals surface area contributed by atoms with Gasteiger partial charge < -0.3 is 0 Å². The van der Waals surface area contributed by atoms with E-state index in [9.17, 15) is 9.59 Å². The lowest BCUT2D eigenvalue weighted by atomic mass is 9.47. The molecule has 0 aliphatic heterocycles. The van der Waals surface area contributed by atoms with Crippen LogP contribution in [0.2, 0.25) is 0 Å². The molecule has 0 aromatic rings. The van der Waals surface area contributed by atoms with Crippen molar-refractivity contribution in [2.45, 2.75) is 65.2 Å². The van der Waals surface area contributed by atoms with Crippen LogP contribution in [0.25, 0.3) is 0 Å². The zero-order chi connectivity index (χ0) is 15.7. The summed E-state index contributed by atoms with van der Waals surface area (Å²) >= 11 is 6.40. The van der Waals surface area contributed by atoms with Gasteiger partial charge >= 0.3 is 0 Å². The lowest BCUT2D eigenvalue weighted by Crippen LogP contribution is -2.50. The van der Waals surface area contributed by atoms with E-state index in [4.69, 9.17) is 11.6 Å². The second-order valence-electron chi connectivity index (χ2n) is 8.47. The van der Waals surface area contributed by atoms with E-state index in [1.54, 1.807) is 0 Å². The monoisotopic (exact) mass is 320 g/mol. The second kappa shape index (κ2) is 4.69. The van der Waals surface area contributed by atoms with Crippen LogP contribution in [0.5, 0.6) is 0 Å². The first-order chi connectivity index (χ1) is 10.4. The van der Waals surface area contributed by atoms with Crippen LogP contribution < -0.4 is 0 Å². The molecule has 22 heavy (non-hydrogen) atoms. The summed E-state index contributed by atoms with van der Waals surface area (Å²) in [7, 11) is 0. The molecule has 5 atom stereocenters. The number of ketones is 2. The molecule has 0 saturated heterocycles. The van der Waals surface area contributed by atoms with Gasteiger partial charge in [-0.1, -0.05) is 25.4 Å². The van der Waals surface area contributed by atoms with Crippen molar-refractivity contribution in [1.29, 1.82) is 0 Å². The third-order valence-electron chi connectivity index (χ3n) is 7.76. The molecule has 0 radical (unpaired) electrons. The third-order valence-corrected chi connectivity index (χ3v) is 8.20. The zero-order valence-corrected chi connectivity index (χ0v) is 14.3. The molecule has 3 fully saturated rings. The Balaban J connectivity index is 1.73. The van der Waals surface area contributed by atoms with E-state index >= 15 is 0 Å². The van der Waals surface area contributed by atoms with Gasteiger partial charge in [-0.2, -0.15) is 0 Å². The average molecular weight is 321 g/mol. The largest absolute Gasteiger partial charge is 0.299 e. The van der Waals surface area contributed by atoms with Crippen LogP contribution in [0, 0.1) is 28.6 Å². The van der Waals surface area contributed by atoms with Crippen molar-refractivity contribution >= 4 is 23.2 Å². The minimum atomic E-state index is -0.0625. The molecule has 0 bridgehead atoms. The molecular formula is C19H25ClO2. The number of hydrogen-bond donors (Lipinski definition) is 0. The smallest absolute Gasteiger partial charge is 0.174 e. The number of carbonyl (C=O) groups is 2. The van der Waals surface area contributed by atoms with Crippen LogP contribution in [0.4, 0.5) is 0 Å². The van der Waals surface area contributed by atoms with Crippen LogP contribution in [0.1, 0.15) is 65.2 Å². The minimum absolute atomic E-state index is 0.0625.